The van der Waals surface area contributed by atoms with E-state index < -0.39 is 0 Å². The Hall–Kier alpha value is -2.15. The van der Waals surface area contributed by atoms with Crippen molar-refractivity contribution in [3.05, 3.63) is 40.9 Å². The predicted molar refractivity (Wildman–Crippen MR) is 52.6 cm³/mol. The van der Waals surface area contributed by atoms with Gasteiger partial charge in [0.15, 0.2) is 6.29 Å². The number of aromatic nitrogens is 1. The number of aliphatic imine (C=N–C) groups is 1. The molecule has 4 heteroatoms. The molecular weight excluding hydrogens is 178 g/mol. The van der Waals surface area contributed by atoms with Crippen LogP contribution in [0.1, 0.15) is 5.56 Å². The number of carbonyl (C=O) groups is 1. The summed E-state index contributed by atoms with van der Waals surface area (Å²) >= 11 is 0. The van der Waals surface area contributed by atoms with Gasteiger partial charge in [-0.05, 0) is 6.07 Å². The smallest absolute Gasteiger partial charge is 0.228 e. The van der Waals surface area contributed by atoms with E-state index in [-0.39, 0.29) is 0 Å². The Labute approximate surface area is 80.8 Å². The van der Waals surface area contributed by atoms with Crippen molar-refractivity contribution in [2.45, 2.75) is 0 Å². The van der Waals surface area contributed by atoms with Gasteiger partial charge in [0.1, 0.15) is 0 Å². The minimum Gasteiger partial charge on any atom is -0.364 e. The number of hydrogen-bond acceptors (Lipinski definition) is 2. The zero-order chi connectivity index (χ0) is 9.97. The van der Waals surface area contributed by atoms with Gasteiger partial charge < -0.3 is 9.83 Å². The number of aldehydes is 1. The summed E-state index contributed by atoms with van der Waals surface area (Å²) < 4.78 is 0. The van der Waals surface area contributed by atoms with Crippen molar-refractivity contribution in [2.75, 3.05) is 6.54 Å². The fraction of sp³-hybridized carbons (Fsp3) is 0.100. The Balaban J connectivity index is 2.37. The molecule has 0 aromatic carbocycles. The van der Waals surface area contributed by atoms with Crippen molar-refractivity contribution in [3.63, 3.8) is 0 Å². The van der Waals surface area contributed by atoms with E-state index in [1.807, 2.05) is 0 Å². The highest BCUT2D eigenvalue weighted by Crippen LogP contribution is 2.18. The summed E-state index contributed by atoms with van der Waals surface area (Å²) in [5.41, 5.74) is 2.07. The molecule has 0 amide bonds. The predicted octanol–water partition coefficient (Wildman–Crippen LogP) is 1.49. The third-order valence-electron chi connectivity index (χ3n) is 2.02. The van der Waals surface area contributed by atoms with Gasteiger partial charge in [0, 0.05) is 11.1 Å². The van der Waals surface area contributed by atoms with E-state index in [4.69, 9.17) is 6.57 Å². The molecule has 0 aliphatic carbocycles. The van der Waals surface area contributed by atoms with E-state index in [2.05, 4.69) is 14.8 Å². The lowest BCUT2D eigenvalue weighted by Gasteiger charge is -1.94. The highest BCUT2D eigenvalue weighted by atomic mass is 16.1. The maximum absolute atomic E-state index is 10.6. The topological polar surface area (TPSA) is 49.6 Å². The molecule has 1 aliphatic rings. The molecular formula is C10H7N3O. The lowest BCUT2D eigenvalue weighted by atomic mass is 10.1. The number of rotatable bonds is 2. The number of H-pyrrole nitrogens is 1. The van der Waals surface area contributed by atoms with E-state index in [1.54, 1.807) is 18.3 Å². The van der Waals surface area contributed by atoms with Gasteiger partial charge in [0.05, 0.1) is 18.5 Å². The maximum Gasteiger partial charge on any atom is 0.228 e. The number of allylic oxidation sites excluding steroid dienone is 1. The van der Waals surface area contributed by atoms with Gasteiger partial charge in [-0.3, -0.25) is 9.79 Å². The lowest BCUT2D eigenvalue weighted by molar-refractivity contribution is -0.104. The normalized spacial score (nSPS) is 14.5. The van der Waals surface area contributed by atoms with Crippen LogP contribution in [0.5, 0.6) is 0 Å². The van der Waals surface area contributed by atoms with Gasteiger partial charge in [0.25, 0.3) is 0 Å². The highest BCUT2D eigenvalue weighted by molar-refractivity contribution is 6.24. The van der Waals surface area contributed by atoms with E-state index in [9.17, 15) is 4.79 Å². The van der Waals surface area contributed by atoms with Crippen LogP contribution < -0.4 is 0 Å². The largest absolute Gasteiger partial charge is 0.364 e. The van der Waals surface area contributed by atoms with Crippen LogP contribution in [0.2, 0.25) is 0 Å². The number of nitrogens with one attached hydrogen (secondary N) is 1. The van der Waals surface area contributed by atoms with Crippen LogP contribution in [-0.4, -0.2) is 23.5 Å². The van der Waals surface area contributed by atoms with Crippen LogP contribution >= 0.6 is 0 Å². The summed E-state index contributed by atoms with van der Waals surface area (Å²) in [4.78, 5) is 20.9. The van der Waals surface area contributed by atoms with E-state index in [0.717, 1.165) is 11.8 Å². The molecule has 14 heavy (non-hydrogen) atoms. The lowest BCUT2D eigenvalue weighted by Crippen LogP contribution is -2.01. The van der Waals surface area contributed by atoms with Crippen molar-refractivity contribution >= 4 is 17.8 Å². The third kappa shape index (κ3) is 1.25. The van der Waals surface area contributed by atoms with Crippen molar-refractivity contribution in [1.82, 2.24) is 4.98 Å². The van der Waals surface area contributed by atoms with Gasteiger partial charge in [-0.15, -0.1) is 0 Å². The molecule has 0 spiro atoms. The number of carbonyl (C=O) groups excluding carboxylic acids is 1. The molecule has 2 rings (SSSR count). The summed E-state index contributed by atoms with van der Waals surface area (Å²) in [6.45, 7) is 7.34. The Morgan fingerprint density at radius 3 is 3.14 bits per heavy atom. The first-order valence-corrected chi connectivity index (χ1v) is 4.11. The van der Waals surface area contributed by atoms with Crippen LogP contribution in [0.4, 0.5) is 5.82 Å². The molecule has 1 N–H and O–H groups in total. The molecule has 0 radical (unpaired) electrons. The first kappa shape index (κ1) is 8.45. The van der Waals surface area contributed by atoms with Crippen LogP contribution in [0.25, 0.3) is 4.85 Å². The highest BCUT2D eigenvalue weighted by Gasteiger charge is 2.14. The summed E-state index contributed by atoms with van der Waals surface area (Å²) in [5, 5.41) is 0. The Morgan fingerprint density at radius 1 is 1.64 bits per heavy atom. The number of hydrogen-bond donors (Lipinski definition) is 1. The standard InChI is InChI=1S/C10H7N3O/c1-11-9-4-8(5-13-9)10-7(6-14)2-3-12-10/h2,4-6,13H,3H2. The zero-order valence-electron chi connectivity index (χ0n) is 7.32. The average Bonchev–Trinajstić information content (AvgIpc) is 2.85. The monoisotopic (exact) mass is 185 g/mol. The summed E-state index contributed by atoms with van der Waals surface area (Å²) in [6.07, 6.45) is 4.25. The third-order valence-corrected chi connectivity index (χ3v) is 2.02. The molecule has 1 aromatic rings. The first-order valence-electron chi connectivity index (χ1n) is 4.11. The van der Waals surface area contributed by atoms with Gasteiger partial charge >= 0.3 is 0 Å². The summed E-state index contributed by atoms with van der Waals surface area (Å²) in [7, 11) is 0. The fourth-order valence-corrected chi connectivity index (χ4v) is 1.37. The molecule has 68 valence electrons. The van der Waals surface area contributed by atoms with Gasteiger partial charge in [0.2, 0.25) is 5.82 Å². The van der Waals surface area contributed by atoms with Crippen molar-refractivity contribution in [1.29, 1.82) is 0 Å². The van der Waals surface area contributed by atoms with Crippen LogP contribution in [0.3, 0.4) is 0 Å². The van der Waals surface area contributed by atoms with Crippen molar-refractivity contribution in [3.8, 4) is 0 Å². The molecule has 0 unspecified atom stereocenters. The first-order chi connectivity index (χ1) is 6.85. The molecule has 0 saturated carbocycles. The second-order valence-corrected chi connectivity index (χ2v) is 2.85. The molecule has 0 atom stereocenters. The molecule has 0 saturated heterocycles. The molecule has 2 heterocycles. The minimum atomic E-state index is 0.458. The van der Waals surface area contributed by atoms with E-state index in [0.29, 0.717) is 23.6 Å². The average molecular weight is 185 g/mol. The van der Waals surface area contributed by atoms with Gasteiger partial charge in [-0.25, -0.2) is 0 Å². The maximum atomic E-state index is 10.6. The van der Waals surface area contributed by atoms with Gasteiger partial charge in [-0.1, -0.05) is 12.6 Å². The Bertz CT molecular complexity index is 474. The second kappa shape index (κ2) is 3.30. The molecule has 0 bridgehead atoms. The SMILES string of the molecule is [C-]#[N+]c1cc(C2=NCC=C2C=O)c[nH]1. The minimum absolute atomic E-state index is 0.458. The quantitative estimate of drug-likeness (QED) is 0.550. The Morgan fingerprint density at radius 2 is 2.50 bits per heavy atom. The molecule has 4 nitrogen and oxygen atoms in total. The van der Waals surface area contributed by atoms with Crippen LogP contribution in [-0.2, 0) is 4.79 Å². The molecule has 1 aliphatic heterocycles. The molecule has 1 aromatic heterocycles. The molecule has 0 fully saturated rings. The Kier molecular flexibility index (Phi) is 1.99. The van der Waals surface area contributed by atoms with E-state index in [1.165, 1.54) is 0 Å². The van der Waals surface area contributed by atoms with E-state index >= 15 is 0 Å². The van der Waals surface area contributed by atoms with Crippen LogP contribution in [0, 0.1) is 6.57 Å². The second-order valence-electron chi connectivity index (χ2n) is 2.85. The number of aromatic amines is 1. The zero-order valence-corrected chi connectivity index (χ0v) is 7.32. The fourth-order valence-electron chi connectivity index (χ4n) is 1.37. The summed E-state index contributed by atoms with van der Waals surface area (Å²) in [5.74, 6) is 0.458. The van der Waals surface area contributed by atoms with Crippen molar-refractivity contribution < 1.29 is 4.79 Å². The van der Waals surface area contributed by atoms with Crippen LogP contribution in [0.15, 0.2) is 28.9 Å². The summed E-state index contributed by atoms with van der Waals surface area (Å²) in [6, 6.07) is 1.69. The number of nitrogens with zero attached hydrogens (tertiary/aromatic N) is 2. The van der Waals surface area contributed by atoms with Gasteiger partial charge in [-0.2, -0.15) is 0 Å². The van der Waals surface area contributed by atoms with Crippen molar-refractivity contribution in [2.24, 2.45) is 4.99 Å².